The summed E-state index contributed by atoms with van der Waals surface area (Å²) in [6.45, 7) is 0. The van der Waals surface area contributed by atoms with E-state index in [4.69, 9.17) is 4.42 Å². The molecule has 0 saturated heterocycles. The van der Waals surface area contributed by atoms with Crippen LogP contribution in [0.1, 0.15) is 0 Å². The monoisotopic (exact) mass is 632 g/mol. The van der Waals surface area contributed by atoms with Gasteiger partial charge in [-0.2, -0.15) is 0 Å². The molecule has 8 aromatic carbocycles. The molecule has 47 heavy (non-hydrogen) atoms. The van der Waals surface area contributed by atoms with Gasteiger partial charge in [0.25, 0.3) is 0 Å². The molecule has 0 spiro atoms. The van der Waals surface area contributed by atoms with Crippen LogP contribution in [0.15, 0.2) is 160 Å². The van der Waals surface area contributed by atoms with Gasteiger partial charge in [-0.3, -0.25) is 0 Å². The number of benzene rings is 8. The van der Waals surface area contributed by atoms with Crippen molar-refractivity contribution in [2.45, 2.75) is 9.79 Å². The summed E-state index contributed by atoms with van der Waals surface area (Å²) in [4.78, 5) is 2.67. The summed E-state index contributed by atoms with van der Waals surface area (Å²) in [5.74, 6) is 0. The largest absolute Gasteiger partial charge is 0.456 e. The summed E-state index contributed by atoms with van der Waals surface area (Å²) in [6, 6.07) is 53.6. The Balaban J connectivity index is 1.03. The zero-order chi connectivity index (χ0) is 30.6. The van der Waals surface area contributed by atoms with Crippen LogP contribution in [0.4, 0.5) is 0 Å². The molecule has 2 aromatic heterocycles. The molecule has 0 saturated carbocycles. The molecule has 0 fully saturated rings. The summed E-state index contributed by atoms with van der Waals surface area (Å²) in [6.07, 6.45) is 0. The topological polar surface area (TPSA) is 13.1 Å². The van der Waals surface area contributed by atoms with Gasteiger partial charge in [-0.1, -0.05) is 109 Å². The Labute approximate surface area is 278 Å². The SMILES string of the molecule is c1ccc2cc3c(cc2c1)oc1cccc(-c2ccc4c(c2)sc2cc(-c5ccc6c(c5)-c5cccc7cccc(c57)S6)ccc24)c13. The minimum atomic E-state index is 0.928. The fourth-order valence-corrected chi connectivity index (χ4v) is 9.93. The van der Waals surface area contributed by atoms with E-state index in [9.17, 15) is 0 Å². The first kappa shape index (κ1) is 25.8. The summed E-state index contributed by atoms with van der Waals surface area (Å²) >= 11 is 3.76. The summed E-state index contributed by atoms with van der Waals surface area (Å²) in [5, 5.41) is 10.1. The third-order valence-electron chi connectivity index (χ3n) is 9.84. The van der Waals surface area contributed by atoms with Crippen molar-refractivity contribution in [3.05, 3.63) is 146 Å². The molecule has 0 N–H and O–H groups in total. The molecule has 218 valence electrons. The lowest BCUT2D eigenvalue weighted by Gasteiger charge is -2.21. The lowest BCUT2D eigenvalue weighted by atomic mass is 9.94. The number of hydrogen-bond donors (Lipinski definition) is 0. The van der Waals surface area contributed by atoms with Gasteiger partial charge in [-0.05, 0) is 98.1 Å². The molecule has 3 heterocycles. The predicted molar refractivity (Wildman–Crippen MR) is 202 cm³/mol. The van der Waals surface area contributed by atoms with Gasteiger partial charge in [0.15, 0.2) is 0 Å². The fraction of sp³-hybridized carbons (Fsp3) is 0. The van der Waals surface area contributed by atoms with Crippen LogP contribution in [0.3, 0.4) is 0 Å². The lowest BCUT2D eigenvalue weighted by molar-refractivity contribution is 0.669. The van der Waals surface area contributed by atoms with E-state index in [1.54, 1.807) is 0 Å². The van der Waals surface area contributed by atoms with Crippen molar-refractivity contribution in [1.29, 1.82) is 0 Å². The van der Waals surface area contributed by atoms with Crippen LogP contribution in [0, 0.1) is 0 Å². The zero-order valence-electron chi connectivity index (χ0n) is 25.1. The third-order valence-corrected chi connectivity index (χ3v) is 12.1. The normalized spacial score (nSPS) is 12.6. The van der Waals surface area contributed by atoms with Gasteiger partial charge >= 0.3 is 0 Å². The second kappa shape index (κ2) is 9.59. The van der Waals surface area contributed by atoms with Crippen molar-refractivity contribution >= 4 is 86.8 Å². The quantitative estimate of drug-likeness (QED) is 0.188. The highest BCUT2D eigenvalue weighted by Crippen LogP contribution is 2.49. The Bertz CT molecular complexity index is 2940. The van der Waals surface area contributed by atoms with Crippen LogP contribution in [0.5, 0.6) is 0 Å². The maximum absolute atomic E-state index is 6.38. The van der Waals surface area contributed by atoms with Crippen LogP contribution < -0.4 is 0 Å². The van der Waals surface area contributed by atoms with E-state index in [0.717, 1.165) is 11.2 Å². The third kappa shape index (κ3) is 3.79. The highest BCUT2D eigenvalue weighted by molar-refractivity contribution is 7.99. The standard InChI is InChI=1S/C44H24OS2/c1-2-7-27-22-38-36(21-26(27)6-1)44-31(10-5-12-37(44)45-38)30-15-18-33-32-17-14-29(23-41(32)47-42(33)24-30)28-16-19-39-35(20-28)34-11-3-8-25-9-4-13-40(46-39)43(25)34/h1-24H. The number of rotatable bonds is 2. The molecule has 1 aliphatic heterocycles. The van der Waals surface area contributed by atoms with Gasteiger partial charge in [-0.25, -0.2) is 0 Å². The van der Waals surface area contributed by atoms with E-state index in [2.05, 4.69) is 146 Å². The molecule has 0 atom stereocenters. The Kier molecular flexibility index (Phi) is 5.26. The first-order valence-electron chi connectivity index (χ1n) is 15.9. The Hall–Kier alpha value is -5.35. The fourth-order valence-electron chi connectivity index (χ4n) is 7.62. The maximum Gasteiger partial charge on any atom is 0.136 e. The molecular weight excluding hydrogens is 609 g/mol. The van der Waals surface area contributed by atoms with Crippen LogP contribution in [0.25, 0.3) is 97.0 Å². The zero-order valence-corrected chi connectivity index (χ0v) is 26.7. The van der Waals surface area contributed by atoms with Crippen LogP contribution in [-0.2, 0) is 0 Å². The second-order valence-electron chi connectivity index (χ2n) is 12.5. The Morgan fingerprint density at radius 1 is 0.383 bits per heavy atom. The summed E-state index contributed by atoms with van der Waals surface area (Å²) in [7, 11) is 0. The minimum absolute atomic E-state index is 0.928. The molecule has 1 aliphatic rings. The molecule has 10 aromatic rings. The average molecular weight is 633 g/mol. The van der Waals surface area contributed by atoms with E-state index in [1.165, 1.54) is 95.7 Å². The predicted octanol–water partition coefficient (Wildman–Crippen LogP) is 13.7. The summed E-state index contributed by atoms with van der Waals surface area (Å²) in [5.41, 5.74) is 9.45. The molecule has 0 unspecified atom stereocenters. The second-order valence-corrected chi connectivity index (χ2v) is 14.6. The minimum Gasteiger partial charge on any atom is -0.456 e. The van der Waals surface area contributed by atoms with Gasteiger partial charge in [0, 0.05) is 46.1 Å². The van der Waals surface area contributed by atoms with Gasteiger partial charge in [0.2, 0.25) is 0 Å². The van der Waals surface area contributed by atoms with Gasteiger partial charge < -0.3 is 4.42 Å². The van der Waals surface area contributed by atoms with E-state index in [0.29, 0.717) is 0 Å². The van der Waals surface area contributed by atoms with E-state index < -0.39 is 0 Å². The van der Waals surface area contributed by atoms with Gasteiger partial charge in [0.05, 0.1) is 0 Å². The highest BCUT2D eigenvalue weighted by atomic mass is 32.2. The van der Waals surface area contributed by atoms with Crippen molar-refractivity contribution in [1.82, 2.24) is 0 Å². The number of hydrogen-bond acceptors (Lipinski definition) is 3. The number of furan rings is 1. The first-order valence-corrected chi connectivity index (χ1v) is 17.5. The van der Waals surface area contributed by atoms with E-state index >= 15 is 0 Å². The van der Waals surface area contributed by atoms with Crippen LogP contribution in [-0.4, -0.2) is 0 Å². The Morgan fingerprint density at radius 3 is 1.94 bits per heavy atom. The molecule has 0 aliphatic carbocycles. The van der Waals surface area contributed by atoms with Crippen molar-refractivity contribution in [2.24, 2.45) is 0 Å². The summed E-state index contributed by atoms with van der Waals surface area (Å²) < 4.78 is 9.00. The lowest BCUT2D eigenvalue weighted by Crippen LogP contribution is -1.93. The van der Waals surface area contributed by atoms with Gasteiger partial charge in [-0.15, -0.1) is 11.3 Å². The van der Waals surface area contributed by atoms with Crippen molar-refractivity contribution in [2.75, 3.05) is 0 Å². The molecule has 0 amide bonds. The first-order chi connectivity index (χ1) is 23.2. The highest BCUT2D eigenvalue weighted by Gasteiger charge is 2.20. The van der Waals surface area contributed by atoms with E-state index in [1.807, 2.05) is 23.1 Å². The number of fused-ring (bicyclic) bond motifs is 9. The Morgan fingerprint density at radius 2 is 1.06 bits per heavy atom. The van der Waals surface area contributed by atoms with Crippen molar-refractivity contribution < 1.29 is 4.42 Å². The molecule has 3 heteroatoms. The van der Waals surface area contributed by atoms with Crippen LogP contribution >= 0.6 is 23.1 Å². The van der Waals surface area contributed by atoms with E-state index in [-0.39, 0.29) is 0 Å². The molecule has 1 nitrogen and oxygen atoms in total. The average Bonchev–Trinajstić information content (AvgIpc) is 3.67. The van der Waals surface area contributed by atoms with Gasteiger partial charge in [0.1, 0.15) is 11.2 Å². The molecular formula is C44H24OS2. The van der Waals surface area contributed by atoms with Crippen molar-refractivity contribution in [3.63, 3.8) is 0 Å². The molecule has 0 radical (unpaired) electrons. The van der Waals surface area contributed by atoms with Crippen LogP contribution in [0.2, 0.25) is 0 Å². The smallest absolute Gasteiger partial charge is 0.136 e. The molecule has 0 bridgehead atoms. The number of thiophene rings is 1. The van der Waals surface area contributed by atoms with Crippen molar-refractivity contribution in [3.8, 4) is 33.4 Å². The maximum atomic E-state index is 6.38. The molecule has 11 rings (SSSR count).